The second-order valence-corrected chi connectivity index (χ2v) is 5.14. The summed E-state index contributed by atoms with van der Waals surface area (Å²) in [6.45, 7) is 1.08. The van der Waals surface area contributed by atoms with Crippen molar-refractivity contribution in [1.82, 2.24) is 5.32 Å². The van der Waals surface area contributed by atoms with Crippen LogP contribution in [0.5, 0.6) is 0 Å². The minimum atomic E-state index is 0. The van der Waals surface area contributed by atoms with E-state index in [-0.39, 0.29) is 12.4 Å². The first kappa shape index (κ1) is 11.9. The van der Waals surface area contributed by atoms with E-state index in [2.05, 4.69) is 29.6 Å². The third kappa shape index (κ3) is 2.11. The van der Waals surface area contributed by atoms with Crippen molar-refractivity contribution >= 4 is 12.4 Å². The zero-order valence-electron chi connectivity index (χ0n) is 9.67. The van der Waals surface area contributed by atoms with Crippen molar-refractivity contribution < 1.29 is 0 Å². The molecule has 1 aromatic rings. The predicted molar refractivity (Wildman–Crippen MR) is 70.0 cm³/mol. The summed E-state index contributed by atoms with van der Waals surface area (Å²) >= 11 is 0. The highest BCUT2D eigenvalue weighted by molar-refractivity contribution is 5.85. The average molecular weight is 238 g/mol. The van der Waals surface area contributed by atoms with Gasteiger partial charge in [-0.2, -0.15) is 0 Å². The van der Waals surface area contributed by atoms with Crippen molar-refractivity contribution in [3.05, 3.63) is 35.4 Å². The van der Waals surface area contributed by atoms with Gasteiger partial charge in [0, 0.05) is 12.1 Å². The first-order valence-corrected chi connectivity index (χ1v) is 6.20. The average Bonchev–Trinajstić information content (AvgIpc) is 2.30. The molecule has 1 heterocycles. The Morgan fingerprint density at radius 3 is 2.38 bits per heavy atom. The molecule has 0 saturated heterocycles. The number of hydrogen-bond donors (Lipinski definition) is 1. The summed E-state index contributed by atoms with van der Waals surface area (Å²) in [6.07, 6.45) is 8.27. The van der Waals surface area contributed by atoms with Crippen LogP contribution in [0.3, 0.4) is 0 Å². The van der Waals surface area contributed by atoms with E-state index in [4.69, 9.17) is 0 Å². The summed E-state index contributed by atoms with van der Waals surface area (Å²) in [4.78, 5) is 0. The number of fused-ring (bicyclic) bond motifs is 1. The molecule has 1 aromatic carbocycles. The molecule has 0 amide bonds. The maximum Gasteiger partial charge on any atom is 0.0225 e. The SMILES string of the molecule is Cl.c1ccc2c(c1)CNC1(CCCCC1)C2. The van der Waals surface area contributed by atoms with Crippen molar-refractivity contribution in [2.75, 3.05) is 0 Å². The van der Waals surface area contributed by atoms with E-state index in [1.54, 1.807) is 5.56 Å². The van der Waals surface area contributed by atoms with Crippen LogP contribution in [0.4, 0.5) is 0 Å². The lowest BCUT2D eigenvalue weighted by molar-refractivity contribution is 0.215. The largest absolute Gasteiger partial charge is 0.307 e. The van der Waals surface area contributed by atoms with E-state index in [1.165, 1.54) is 44.1 Å². The lowest BCUT2D eigenvalue weighted by Crippen LogP contribution is -2.50. The smallest absolute Gasteiger partial charge is 0.0225 e. The molecule has 2 aliphatic rings. The van der Waals surface area contributed by atoms with Crippen molar-refractivity contribution in [3.63, 3.8) is 0 Å². The molecule has 0 atom stereocenters. The van der Waals surface area contributed by atoms with Gasteiger partial charge in [0.1, 0.15) is 0 Å². The minimum Gasteiger partial charge on any atom is -0.307 e. The molecule has 1 aliphatic heterocycles. The van der Waals surface area contributed by atoms with Crippen LogP contribution in [0.2, 0.25) is 0 Å². The zero-order chi connectivity index (χ0) is 10.1. The number of nitrogens with one attached hydrogen (secondary N) is 1. The summed E-state index contributed by atoms with van der Waals surface area (Å²) in [6, 6.07) is 8.91. The molecule has 1 spiro atoms. The highest BCUT2D eigenvalue weighted by Crippen LogP contribution is 2.35. The third-order valence-electron chi connectivity index (χ3n) is 4.11. The maximum absolute atomic E-state index is 3.79. The van der Waals surface area contributed by atoms with E-state index in [0.29, 0.717) is 5.54 Å². The Hall–Kier alpha value is -0.530. The summed E-state index contributed by atoms with van der Waals surface area (Å²) < 4.78 is 0. The van der Waals surface area contributed by atoms with Gasteiger partial charge in [-0.05, 0) is 30.4 Å². The summed E-state index contributed by atoms with van der Waals surface area (Å²) in [5.41, 5.74) is 3.54. The number of benzene rings is 1. The molecule has 1 fully saturated rings. The maximum atomic E-state index is 3.79. The Morgan fingerprint density at radius 1 is 0.938 bits per heavy atom. The fraction of sp³-hybridized carbons (Fsp3) is 0.571. The standard InChI is InChI=1S/C14H19N.ClH/c1-4-8-14(9-5-1)10-12-6-2-3-7-13(12)11-15-14;/h2-3,6-7,15H,1,4-5,8-11H2;1H. The van der Waals surface area contributed by atoms with Gasteiger partial charge in [0.05, 0.1) is 0 Å². The molecule has 0 unspecified atom stereocenters. The van der Waals surface area contributed by atoms with Crippen LogP contribution in [0.15, 0.2) is 24.3 Å². The highest BCUT2D eigenvalue weighted by atomic mass is 35.5. The van der Waals surface area contributed by atoms with Crippen LogP contribution in [0.25, 0.3) is 0 Å². The lowest BCUT2D eigenvalue weighted by Gasteiger charge is -2.42. The molecule has 1 nitrogen and oxygen atoms in total. The predicted octanol–water partition coefficient (Wildman–Crippen LogP) is 3.46. The van der Waals surface area contributed by atoms with E-state index in [1.807, 2.05) is 0 Å². The normalized spacial score (nSPS) is 22.2. The molecule has 0 bridgehead atoms. The van der Waals surface area contributed by atoms with E-state index in [9.17, 15) is 0 Å². The van der Waals surface area contributed by atoms with Crippen molar-refractivity contribution in [2.45, 2.75) is 50.6 Å². The van der Waals surface area contributed by atoms with Crippen LogP contribution in [-0.2, 0) is 13.0 Å². The molecule has 2 heteroatoms. The second-order valence-electron chi connectivity index (χ2n) is 5.14. The molecule has 3 rings (SSSR count). The fourth-order valence-electron chi connectivity index (χ4n) is 3.19. The Kier molecular flexibility index (Phi) is 3.56. The minimum absolute atomic E-state index is 0. The molecule has 1 saturated carbocycles. The summed E-state index contributed by atoms with van der Waals surface area (Å²) in [7, 11) is 0. The molecule has 0 aromatic heterocycles. The van der Waals surface area contributed by atoms with Gasteiger partial charge < -0.3 is 5.32 Å². The summed E-state index contributed by atoms with van der Waals surface area (Å²) in [5, 5.41) is 3.79. The molecule has 1 aliphatic carbocycles. The van der Waals surface area contributed by atoms with Crippen molar-refractivity contribution in [1.29, 1.82) is 0 Å². The Morgan fingerprint density at radius 2 is 1.62 bits per heavy atom. The fourth-order valence-corrected chi connectivity index (χ4v) is 3.19. The van der Waals surface area contributed by atoms with Crippen molar-refractivity contribution in [3.8, 4) is 0 Å². The van der Waals surface area contributed by atoms with Gasteiger partial charge >= 0.3 is 0 Å². The van der Waals surface area contributed by atoms with Gasteiger partial charge in [0.25, 0.3) is 0 Å². The third-order valence-corrected chi connectivity index (χ3v) is 4.11. The van der Waals surface area contributed by atoms with Crippen LogP contribution < -0.4 is 5.32 Å². The zero-order valence-corrected chi connectivity index (χ0v) is 10.5. The molecular weight excluding hydrogens is 218 g/mol. The van der Waals surface area contributed by atoms with Gasteiger partial charge in [0.15, 0.2) is 0 Å². The van der Waals surface area contributed by atoms with E-state index >= 15 is 0 Å². The molecule has 1 N–H and O–H groups in total. The first-order chi connectivity index (χ1) is 7.38. The van der Waals surface area contributed by atoms with E-state index < -0.39 is 0 Å². The van der Waals surface area contributed by atoms with Crippen molar-refractivity contribution in [2.24, 2.45) is 0 Å². The molecular formula is C14H20ClN. The quantitative estimate of drug-likeness (QED) is 0.729. The van der Waals surface area contributed by atoms with Gasteiger partial charge in [-0.1, -0.05) is 43.5 Å². The topological polar surface area (TPSA) is 12.0 Å². The second kappa shape index (κ2) is 4.77. The van der Waals surface area contributed by atoms with Gasteiger partial charge in [-0.3, -0.25) is 0 Å². The van der Waals surface area contributed by atoms with E-state index in [0.717, 1.165) is 6.54 Å². The number of hydrogen-bond acceptors (Lipinski definition) is 1. The van der Waals surface area contributed by atoms with Gasteiger partial charge in [-0.25, -0.2) is 0 Å². The Labute approximate surface area is 104 Å². The molecule has 88 valence electrons. The molecule has 0 radical (unpaired) electrons. The molecule has 16 heavy (non-hydrogen) atoms. The Bertz CT molecular complexity index is 356. The highest BCUT2D eigenvalue weighted by Gasteiger charge is 2.34. The first-order valence-electron chi connectivity index (χ1n) is 6.20. The van der Waals surface area contributed by atoms with Crippen LogP contribution in [0, 0.1) is 0 Å². The Balaban J connectivity index is 0.000000963. The number of rotatable bonds is 0. The van der Waals surface area contributed by atoms with Crippen LogP contribution in [-0.4, -0.2) is 5.54 Å². The van der Waals surface area contributed by atoms with Crippen LogP contribution >= 0.6 is 12.4 Å². The van der Waals surface area contributed by atoms with Gasteiger partial charge in [-0.15, -0.1) is 12.4 Å². The van der Waals surface area contributed by atoms with Crippen LogP contribution in [0.1, 0.15) is 43.2 Å². The monoisotopic (exact) mass is 237 g/mol. The number of halogens is 1. The van der Waals surface area contributed by atoms with Gasteiger partial charge in [0.2, 0.25) is 0 Å². The summed E-state index contributed by atoms with van der Waals surface area (Å²) in [5.74, 6) is 0. The lowest BCUT2D eigenvalue weighted by atomic mass is 9.74.